The average Bonchev–Trinajstić information content (AvgIpc) is 2.88. The van der Waals surface area contributed by atoms with Gasteiger partial charge in [0.1, 0.15) is 4.83 Å². The number of primary amides is 1. The van der Waals surface area contributed by atoms with Gasteiger partial charge in [-0.3, -0.25) is 14.2 Å². The lowest BCUT2D eigenvalue weighted by Crippen LogP contribution is -2.21. The van der Waals surface area contributed by atoms with Crippen LogP contribution in [0.15, 0.2) is 33.8 Å². The summed E-state index contributed by atoms with van der Waals surface area (Å²) in [5, 5.41) is 0.635. The fourth-order valence-electron chi connectivity index (χ4n) is 2.88. The molecule has 0 saturated heterocycles. The summed E-state index contributed by atoms with van der Waals surface area (Å²) in [5.41, 5.74) is 8.15. The van der Waals surface area contributed by atoms with Crippen LogP contribution in [0.1, 0.15) is 23.3 Å². The molecule has 1 amide bonds. The summed E-state index contributed by atoms with van der Waals surface area (Å²) in [6, 6.07) is 6.09. The highest BCUT2D eigenvalue weighted by Gasteiger charge is 2.18. The average molecular weight is 420 g/mol. The Bertz CT molecular complexity index is 1020. The maximum absolute atomic E-state index is 13.0. The minimum absolute atomic E-state index is 0.0813. The zero-order chi connectivity index (χ0) is 18.1. The van der Waals surface area contributed by atoms with E-state index in [1.807, 2.05) is 26.0 Å². The first-order valence-corrected chi connectivity index (χ1v) is 9.53. The number of carbonyl (C=O) groups excluding carboxylic acids is 1. The van der Waals surface area contributed by atoms with Gasteiger partial charge < -0.3 is 5.73 Å². The molecule has 3 aromatic rings. The molecule has 2 aromatic heterocycles. The Morgan fingerprint density at radius 1 is 1.36 bits per heavy atom. The number of hydrogen-bond acceptors (Lipinski definition) is 4. The first-order valence-electron chi connectivity index (χ1n) is 7.92. The molecule has 2 heterocycles. The summed E-state index contributed by atoms with van der Waals surface area (Å²) in [7, 11) is 0. The van der Waals surface area contributed by atoms with E-state index in [0.717, 1.165) is 30.9 Å². The molecular weight excluding hydrogens is 402 g/mol. The lowest BCUT2D eigenvalue weighted by Gasteiger charge is -2.08. The molecule has 0 bridgehead atoms. The summed E-state index contributed by atoms with van der Waals surface area (Å²) in [6.45, 7) is 4.46. The number of thiophene rings is 1. The van der Waals surface area contributed by atoms with E-state index in [1.54, 1.807) is 10.9 Å². The van der Waals surface area contributed by atoms with Crippen molar-refractivity contribution < 1.29 is 4.79 Å². The van der Waals surface area contributed by atoms with Crippen molar-refractivity contribution in [2.75, 3.05) is 0 Å². The Balaban J connectivity index is 2.16. The third-order valence-corrected chi connectivity index (χ3v) is 5.77. The van der Waals surface area contributed by atoms with Crippen LogP contribution in [0.2, 0.25) is 0 Å². The molecular formula is C18H18BrN3O2S. The van der Waals surface area contributed by atoms with E-state index in [0.29, 0.717) is 18.4 Å². The molecule has 0 aliphatic rings. The zero-order valence-corrected chi connectivity index (χ0v) is 16.4. The molecule has 25 heavy (non-hydrogen) atoms. The fraction of sp³-hybridized carbons (Fsp3) is 0.278. The van der Waals surface area contributed by atoms with Crippen LogP contribution in [0.3, 0.4) is 0 Å². The summed E-state index contributed by atoms with van der Waals surface area (Å²) in [4.78, 5) is 30.2. The number of aryl methyl sites for hydroxylation is 3. The van der Waals surface area contributed by atoms with Crippen LogP contribution in [-0.2, 0) is 11.3 Å². The minimum atomic E-state index is -0.363. The number of halogens is 1. The second kappa shape index (κ2) is 7.09. The molecule has 0 unspecified atom stereocenters. The topological polar surface area (TPSA) is 78.0 Å². The molecule has 1 aromatic carbocycles. The first-order chi connectivity index (χ1) is 11.9. The van der Waals surface area contributed by atoms with Gasteiger partial charge in [-0.15, -0.1) is 11.3 Å². The summed E-state index contributed by atoms with van der Waals surface area (Å²) >= 11 is 5.12. The Kier molecular flexibility index (Phi) is 5.06. The van der Waals surface area contributed by atoms with E-state index < -0.39 is 0 Å². The van der Waals surface area contributed by atoms with Crippen molar-refractivity contribution in [1.82, 2.24) is 9.55 Å². The van der Waals surface area contributed by atoms with Gasteiger partial charge >= 0.3 is 0 Å². The van der Waals surface area contributed by atoms with E-state index >= 15 is 0 Å². The van der Waals surface area contributed by atoms with Crippen molar-refractivity contribution in [3.63, 3.8) is 0 Å². The monoisotopic (exact) mass is 419 g/mol. The van der Waals surface area contributed by atoms with E-state index in [2.05, 4.69) is 27.0 Å². The van der Waals surface area contributed by atoms with E-state index in [4.69, 9.17) is 5.73 Å². The van der Waals surface area contributed by atoms with E-state index in [9.17, 15) is 9.59 Å². The summed E-state index contributed by atoms with van der Waals surface area (Å²) in [6.07, 6.45) is 2.33. The van der Waals surface area contributed by atoms with Gasteiger partial charge in [-0.25, -0.2) is 4.98 Å². The molecule has 0 atom stereocenters. The molecule has 0 radical (unpaired) electrons. The van der Waals surface area contributed by atoms with Crippen LogP contribution in [0.25, 0.3) is 21.3 Å². The molecule has 5 nitrogen and oxygen atoms in total. The quantitative estimate of drug-likeness (QED) is 0.683. The molecule has 0 fully saturated rings. The van der Waals surface area contributed by atoms with Crippen LogP contribution in [-0.4, -0.2) is 15.5 Å². The number of hydrogen-bond donors (Lipinski definition) is 1. The number of carbonyl (C=O) groups is 1. The minimum Gasteiger partial charge on any atom is -0.370 e. The number of nitrogens with two attached hydrogens (primary N) is 1. The van der Waals surface area contributed by atoms with Gasteiger partial charge in [0.25, 0.3) is 5.56 Å². The molecule has 0 saturated carbocycles. The van der Waals surface area contributed by atoms with Gasteiger partial charge in [0.2, 0.25) is 5.91 Å². The number of benzene rings is 1. The smallest absolute Gasteiger partial charge is 0.262 e. The number of amides is 1. The van der Waals surface area contributed by atoms with Crippen molar-refractivity contribution in [3.05, 3.63) is 49.8 Å². The van der Waals surface area contributed by atoms with Crippen LogP contribution < -0.4 is 11.3 Å². The van der Waals surface area contributed by atoms with E-state index in [1.165, 1.54) is 11.3 Å². The number of aromatic nitrogens is 2. The maximum Gasteiger partial charge on any atom is 0.262 e. The van der Waals surface area contributed by atoms with Crippen molar-refractivity contribution in [3.8, 4) is 11.1 Å². The van der Waals surface area contributed by atoms with E-state index in [-0.39, 0.29) is 17.9 Å². The first kappa shape index (κ1) is 17.8. The summed E-state index contributed by atoms with van der Waals surface area (Å²) in [5.74, 6) is -0.363. The predicted octanol–water partition coefficient (Wildman–Crippen LogP) is 3.77. The van der Waals surface area contributed by atoms with Gasteiger partial charge in [0.05, 0.1) is 11.7 Å². The second-order valence-electron chi connectivity index (χ2n) is 6.01. The SMILES string of the molecule is Cc1ccc(Br)c(-c2c(C)sc3ncn(CCCC(N)=O)c(=O)c23)c1. The van der Waals surface area contributed by atoms with Gasteiger partial charge in [-0.1, -0.05) is 33.6 Å². The Hall–Kier alpha value is -1.99. The number of nitrogens with zero attached hydrogens (tertiary/aromatic N) is 2. The van der Waals surface area contributed by atoms with Crippen LogP contribution in [0.5, 0.6) is 0 Å². The number of fused-ring (bicyclic) bond motifs is 1. The van der Waals surface area contributed by atoms with Crippen molar-refractivity contribution in [1.29, 1.82) is 0 Å². The molecule has 0 spiro atoms. The van der Waals surface area contributed by atoms with Gasteiger partial charge in [-0.2, -0.15) is 0 Å². The maximum atomic E-state index is 13.0. The lowest BCUT2D eigenvalue weighted by molar-refractivity contribution is -0.118. The van der Waals surface area contributed by atoms with Crippen LogP contribution >= 0.6 is 27.3 Å². The normalized spacial score (nSPS) is 11.2. The van der Waals surface area contributed by atoms with Crippen LogP contribution in [0, 0.1) is 13.8 Å². The third kappa shape index (κ3) is 3.52. The predicted molar refractivity (Wildman–Crippen MR) is 105 cm³/mol. The second-order valence-corrected chi connectivity index (χ2v) is 8.07. The Labute approximate surface area is 157 Å². The third-order valence-electron chi connectivity index (χ3n) is 4.07. The highest BCUT2D eigenvalue weighted by atomic mass is 79.9. The van der Waals surface area contributed by atoms with Crippen molar-refractivity contribution in [2.45, 2.75) is 33.2 Å². The summed E-state index contributed by atoms with van der Waals surface area (Å²) < 4.78 is 2.51. The van der Waals surface area contributed by atoms with Crippen molar-refractivity contribution >= 4 is 43.4 Å². The standard InChI is InChI=1S/C18H18BrN3O2S/c1-10-5-6-13(19)12(8-10)15-11(2)25-17-16(15)18(24)22(9-21-17)7-3-4-14(20)23/h5-6,8-9H,3-4,7H2,1-2H3,(H2,20,23). The highest BCUT2D eigenvalue weighted by Crippen LogP contribution is 2.39. The molecule has 3 rings (SSSR count). The van der Waals surface area contributed by atoms with Crippen molar-refractivity contribution in [2.24, 2.45) is 5.73 Å². The largest absolute Gasteiger partial charge is 0.370 e. The lowest BCUT2D eigenvalue weighted by atomic mass is 10.0. The Morgan fingerprint density at radius 2 is 2.12 bits per heavy atom. The Morgan fingerprint density at radius 3 is 2.84 bits per heavy atom. The number of rotatable bonds is 5. The zero-order valence-electron chi connectivity index (χ0n) is 14.0. The molecule has 0 aliphatic carbocycles. The molecule has 2 N–H and O–H groups in total. The van der Waals surface area contributed by atoms with Gasteiger partial charge in [-0.05, 0) is 31.9 Å². The fourth-order valence-corrected chi connectivity index (χ4v) is 4.32. The van der Waals surface area contributed by atoms with Gasteiger partial charge in [0.15, 0.2) is 0 Å². The van der Waals surface area contributed by atoms with Crippen LogP contribution in [0.4, 0.5) is 0 Å². The molecule has 7 heteroatoms. The molecule has 130 valence electrons. The highest BCUT2D eigenvalue weighted by molar-refractivity contribution is 9.10. The van der Waals surface area contributed by atoms with Gasteiger partial charge in [0, 0.05) is 27.9 Å². The molecule has 0 aliphatic heterocycles.